The number of carbonyl (C=O) groups is 1. The standard InChI is InChI=1S/C20H21FN6O4S2/c1-2-31-18-11-22-9-16(25-18)17-10-24-20(32-17)19(28)26-15(8-21)14-7-12(5-6-23-14)27-33(29,30)13-3-4-13/h5-7,9-11,13,15H,2-4,8H2,1H3,(H,23,27)(H,26,28)/t15-/m1/s1. The van der Waals surface area contributed by atoms with Crippen LogP contribution in [0.15, 0.2) is 36.9 Å². The SMILES string of the molecule is CCOc1cncc(-c2cnc(C(=O)N[C@H](CF)c3cc(NS(=O)(=O)C4CC4)ccn3)s2)n1. The van der Waals surface area contributed by atoms with Crippen molar-refractivity contribution in [1.29, 1.82) is 0 Å². The first-order valence-corrected chi connectivity index (χ1v) is 12.5. The van der Waals surface area contributed by atoms with Crippen molar-refractivity contribution in [2.45, 2.75) is 31.1 Å². The lowest BCUT2D eigenvalue weighted by Crippen LogP contribution is -2.30. The maximum absolute atomic E-state index is 13.8. The van der Waals surface area contributed by atoms with Crippen LogP contribution in [0.5, 0.6) is 5.88 Å². The van der Waals surface area contributed by atoms with Crippen molar-refractivity contribution in [2.24, 2.45) is 0 Å². The molecule has 2 N–H and O–H groups in total. The number of amides is 1. The summed E-state index contributed by atoms with van der Waals surface area (Å²) in [5, 5.41) is 2.26. The van der Waals surface area contributed by atoms with E-state index in [1.165, 1.54) is 36.9 Å². The Balaban J connectivity index is 1.46. The van der Waals surface area contributed by atoms with Crippen LogP contribution in [-0.2, 0) is 10.0 Å². The van der Waals surface area contributed by atoms with Gasteiger partial charge in [0.05, 0.1) is 46.6 Å². The molecule has 1 aliphatic rings. The van der Waals surface area contributed by atoms with Crippen LogP contribution in [-0.4, -0.2) is 52.8 Å². The summed E-state index contributed by atoms with van der Waals surface area (Å²) in [6, 6.07) is 1.81. The Bertz CT molecular complexity index is 1250. The van der Waals surface area contributed by atoms with Crippen molar-refractivity contribution >= 4 is 33.0 Å². The van der Waals surface area contributed by atoms with Crippen molar-refractivity contribution < 1.29 is 22.3 Å². The summed E-state index contributed by atoms with van der Waals surface area (Å²) in [4.78, 5) is 29.9. The molecular formula is C20H21FN6O4S2. The molecule has 0 spiro atoms. The van der Waals surface area contributed by atoms with Gasteiger partial charge in [-0.15, -0.1) is 11.3 Å². The highest BCUT2D eigenvalue weighted by molar-refractivity contribution is 7.93. The topological polar surface area (TPSA) is 136 Å². The van der Waals surface area contributed by atoms with E-state index >= 15 is 0 Å². The summed E-state index contributed by atoms with van der Waals surface area (Å²) in [5.41, 5.74) is 0.953. The Labute approximate surface area is 193 Å². The van der Waals surface area contributed by atoms with E-state index in [9.17, 15) is 17.6 Å². The molecule has 0 saturated heterocycles. The molecule has 1 atom stereocenters. The molecule has 0 unspecified atom stereocenters. The molecule has 1 saturated carbocycles. The molecule has 4 rings (SSSR count). The van der Waals surface area contributed by atoms with Crippen LogP contribution in [0.1, 0.15) is 41.3 Å². The molecule has 3 aromatic rings. The van der Waals surface area contributed by atoms with E-state index in [1.807, 2.05) is 6.92 Å². The van der Waals surface area contributed by atoms with Gasteiger partial charge >= 0.3 is 0 Å². The Hall–Kier alpha value is -3.19. The molecule has 1 aliphatic carbocycles. The Kier molecular flexibility index (Phi) is 6.79. The number of anilines is 1. The Morgan fingerprint density at radius 1 is 1.30 bits per heavy atom. The highest BCUT2D eigenvalue weighted by Gasteiger charge is 2.35. The fourth-order valence-corrected chi connectivity index (χ4v) is 5.07. The molecule has 174 valence electrons. The molecule has 0 bridgehead atoms. The monoisotopic (exact) mass is 492 g/mol. The molecule has 13 heteroatoms. The van der Waals surface area contributed by atoms with Crippen molar-refractivity contribution in [2.75, 3.05) is 18.0 Å². The second kappa shape index (κ2) is 9.75. The fourth-order valence-electron chi connectivity index (χ4n) is 2.92. The van der Waals surface area contributed by atoms with Crippen LogP contribution in [0.2, 0.25) is 0 Å². The minimum Gasteiger partial charge on any atom is -0.477 e. The number of hydrogen-bond acceptors (Lipinski definition) is 9. The zero-order chi connectivity index (χ0) is 23.4. The number of pyridine rings is 1. The predicted octanol–water partition coefficient (Wildman–Crippen LogP) is 2.74. The van der Waals surface area contributed by atoms with E-state index in [-0.39, 0.29) is 16.4 Å². The van der Waals surface area contributed by atoms with E-state index in [0.29, 0.717) is 35.9 Å². The predicted molar refractivity (Wildman–Crippen MR) is 120 cm³/mol. The number of aromatic nitrogens is 4. The number of thiazole rings is 1. The van der Waals surface area contributed by atoms with Crippen LogP contribution in [0.25, 0.3) is 10.6 Å². The van der Waals surface area contributed by atoms with Gasteiger partial charge in [-0.3, -0.25) is 19.5 Å². The maximum Gasteiger partial charge on any atom is 0.280 e. The smallest absolute Gasteiger partial charge is 0.280 e. The van der Waals surface area contributed by atoms with Gasteiger partial charge in [0.1, 0.15) is 12.4 Å². The van der Waals surface area contributed by atoms with Gasteiger partial charge in [-0.05, 0) is 31.9 Å². The quantitative estimate of drug-likeness (QED) is 0.441. The zero-order valence-electron chi connectivity index (χ0n) is 17.6. The van der Waals surface area contributed by atoms with E-state index in [1.54, 1.807) is 0 Å². The number of carbonyl (C=O) groups excluding carboxylic acids is 1. The summed E-state index contributed by atoms with van der Waals surface area (Å²) in [6.07, 6.45) is 7.09. The van der Waals surface area contributed by atoms with Crippen molar-refractivity contribution in [3.63, 3.8) is 0 Å². The van der Waals surface area contributed by atoms with Crippen LogP contribution in [0.4, 0.5) is 10.1 Å². The van der Waals surface area contributed by atoms with Crippen LogP contribution >= 0.6 is 11.3 Å². The zero-order valence-corrected chi connectivity index (χ0v) is 19.2. The molecule has 3 heterocycles. The molecule has 10 nitrogen and oxygen atoms in total. The maximum atomic E-state index is 13.8. The van der Waals surface area contributed by atoms with Crippen molar-refractivity contribution in [3.8, 4) is 16.5 Å². The first-order valence-electron chi connectivity index (χ1n) is 10.1. The number of ether oxygens (including phenoxy) is 1. The van der Waals surface area contributed by atoms with E-state index in [2.05, 4.69) is 30.0 Å². The normalized spacial score (nSPS) is 14.5. The largest absolute Gasteiger partial charge is 0.477 e. The number of sulfonamides is 1. The fraction of sp³-hybridized carbons (Fsp3) is 0.350. The molecule has 3 aromatic heterocycles. The highest BCUT2D eigenvalue weighted by atomic mass is 32.2. The van der Waals surface area contributed by atoms with Gasteiger partial charge in [0.15, 0.2) is 5.01 Å². The molecule has 0 radical (unpaired) electrons. The number of hydrogen-bond donors (Lipinski definition) is 2. The minimum atomic E-state index is -3.47. The number of nitrogens with zero attached hydrogens (tertiary/aromatic N) is 4. The van der Waals surface area contributed by atoms with Gasteiger partial charge in [-0.2, -0.15) is 0 Å². The number of alkyl halides is 1. The van der Waals surface area contributed by atoms with Gasteiger partial charge in [-0.1, -0.05) is 0 Å². The second-order valence-corrected chi connectivity index (χ2v) is 10.2. The summed E-state index contributed by atoms with van der Waals surface area (Å²) < 4.78 is 45.9. The Morgan fingerprint density at radius 2 is 2.12 bits per heavy atom. The lowest BCUT2D eigenvalue weighted by molar-refractivity contribution is 0.0928. The third-order valence-electron chi connectivity index (χ3n) is 4.68. The average Bonchev–Trinajstić information content (AvgIpc) is 3.56. The molecule has 1 amide bonds. The van der Waals surface area contributed by atoms with Gasteiger partial charge in [0, 0.05) is 12.4 Å². The highest BCUT2D eigenvalue weighted by Crippen LogP contribution is 2.30. The van der Waals surface area contributed by atoms with Gasteiger partial charge in [0.25, 0.3) is 5.91 Å². The number of rotatable bonds is 10. The first-order chi connectivity index (χ1) is 15.9. The van der Waals surface area contributed by atoms with E-state index in [4.69, 9.17) is 4.74 Å². The van der Waals surface area contributed by atoms with Gasteiger partial charge in [0.2, 0.25) is 15.9 Å². The first kappa shape index (κ1) is 23.0. The van der Waals surface area contributed by atoms with E-state index in [0.717, 1.165) is 11.3 Å². The molecular weight excluding hydrogens is 471 g/mol. The molecule has 0 aliphatic heterocycles. The molecule has 0 aromatic carbocycles. The molecule has 1 fully saturated rings. The third-order valence-corrected chi connectivity index (χ3v) is 7.57. The van der Waals surface area contributed by atoms with Crippen LogP contribution < -0.4 is 14.8 Å². The van der Waals surface area contributed by atoms with E-state index < -0.39 is 33.9 Å². The third kappa shape index (κ3) is 5.60. The summed E-state index contributed by atoms with van der Waals surface area (Å²) in [6.45, 7) is 1.34. The minimum absolute atomic E-state index is 0.109. The average molecular weight is 493 g/mol. The van der Waals surface area contributed by atoms with Crippen molar-refractivity contribution in [3.05, 3.63) is 47.6 Å². The Morgan fingerprint density at radius 3 is 2.85 bits per heavy atom. The van der Waals surface area contributed by atoms with Crippen molar-refractivity contribution in [1.82, 2.24) is 25.3 Å². The lowest BCUT2D eigenvalue weighted by atomic mass is 10.2. The van der Waals surface area contributed by atoms with Gasteiger partial charge in [-0.25, -0.2) is 22.8 Å². The van der Waals surface area contributed by atoms with Crippen LogP contribution in [0.3, 0.4) is 0 Å². The number of halogens is 1. The summed E-state index contributed by atoms with van der Waals surface area (Å²) in [5.74, 6) is -0.233. The lowest BCUT2D eigenvalue weighted by Gasteiger charge is -2.15. The molecule has 33 heavy (non-hydrogen) atoms. The van der Waals surface area contributed by atoms with Crippen LogP contribution in [0, 0.1) is 0 Å². The van der Waals surface area contributed by atoms with Gasteiger partial charge < -0.3 is 10.1 Å². The summed E-state index contributed by atoms with van der Waals surface area (Å²) in [7, 11) is -3.47. The second-order valence-electron chi connectivity index (χ2n) is 7.20. The number of nitrogens with one attached hydrogen (secondary N) is 2. The summed E-state index contributed by atoms with van der Waals surface area (Å²) >= 11 is 1.07.